The molecule has 4 rings (SSSR count). The van der Waals surface area contributed by atoms with E-state index in [2.05, 4.69) is 24.0 Å². The van der Waals surface area contributed by atoms with Crippen LogP contribution < -0.4 is 4.74 Å². The van der Waals surface area contributed by atoms with E-state index < -0.39 is 0 Å². The van der Waals surface area contributed by atoms with Gasteiger partial charge in [-0.15, -0.1) is 10.2 Å². The van der Waals surface area contributed by atoms with E-state index in [1.54, 1.807) is 7.11 Å². The van der Waals surface area contributed by atoms with E-state index in [0.29, 0.717) is 23.0 Å². The van der Waals surface area contributed by atoms with Gasteiger partial charge in [0.2, 0.25) is 5.91 Å². The van der Waals surface area contributed by atoms with E-state index in [0.717, 1.165) is 35.7 Å². The summed E-state index contributed by atoms with van der Waals surface area (Å²) in [7, 11) is 1.65. The van der Waals surface area contributed by atoms with Crippen molar-refractivity contribution in [2.45, 2.75) is 50.4 Å². The molecule has 2 aromatic carbocycles. The van der Waals surface area contributed by atoms with Crippen molar-refractivity contribution in [1.29, 1.82) is 0 Å². The maximum Gasteiger partial charge on any atom is 0.233 e. The number of hydrogen-bond donors (Lipinski definition) is 0. The molecule has 1 aliphatic heterocycles. The Labute approximate surface area is 187 Å². The second kappa shape index (κ2) is 9.56. The Bertz CT molecular complexity index is 1010. The first-order valence-electron chi connectivity index (χ1n) is 10.7. The minimum absolute atomic E-state index is 0.165. The summed E-state index contributed by atoms with van der Waals surface area (Å²) < 4.78 is 7.29. The van der Waals surface area contributed by atoms with Crippen LogP contribution in [0, 0.1) is 0 Å². The number of rotatable bonds is 6. The monoisotopic (exact) mass is 436 g/mol. The number of amides is 1. The number of piperidine rings is 1. The molecule has 3 aromatic rings. The zero-order valence-electron chi connectivity index (χ0n) is 18.2. The lowest BCUT2D eigenvalue weighted by Crippen LogP contribution is -2.48. The maximum atomic E-state index is 13.0. The fraction of sp³-hybridized carbons (Fsp3) is 0.375. The van der Waals surface area contributed by atoms with Crippen molar-refractivity contribution in [3.8, 4) is 22.8 Å². The Morgan fingerprint density at radius 2 is 1.71 bits per heavy atom. The standard InChI is InChI=1S/C24H28N4O2S/c1-17-8-7-9-18(2)27(17)22(29)16-31-24-26-25-23(19-12-14-21(30-3)15-13-19)28(24)20-10-5-4-6-11-20/h4-6,10-15,17-18H,7-9,16H2,1-3H3/t17-,18+. The third-order valence-corrected chi connectivity index (χ3v) is 6.72. The second-order valence-corrected chi connectivity index (χ2v) is 8.87. The smallest absolute Gasteiger partial charge is 0.233 e. The number of likely N-dealkylation sites (tertiary alicyclic amines) is 1. The van der Waals surface area contributed by atoms with E-state index in [9.17, 15) is 4.79 Å². The van der Waals surface area contributed by atoms with Crippen molar-refractivity contribution < 1.29 is 9.53 Å². The van der Waals surface area contributed by atoms with E-state index in [1.807, 2.05) is 64.1 Å². The van der Waals surface area contributed by atoms with Gasteiger partial charge in [0.15, 0.2) is 11.0 Å². The van der Waals surface area contributed by atoms with Gasteiger partial charge in [-0.05, 0) is 69.5 Å². The minimum Gasteiger partial charge on any atom is -0.497 e. The van der Waals surface area contributed by atoms with Crippen molar-refractivity contribution in [3.05, 3.63) is 54.6 Å². The summed E-state index contributed by atoms with van der Waals surface area (Å²) >= 11 is 1.44. The number of methoxy groups -OCH3 is 1. The summed E-state index contributed by atoms with van der Waals surface area (Å²) in [6, 6.07) is 18.4. The van der Waals surface area contributed by atoms with Crippen LogP contribution in [0.4, 0.5) is 0 Å². The number of hydrogen-bond acceptors (Lipinski definition) is 5. The third-order valence-electron chi connectivity index (χ3n) is 5.80. The number of carbonyl (C=O) groups is 1. The number of aromatic nitrogens is 3. The van der Waals surface area contributed by atoms with Crippen LogP contribution in [-0.2, 0) is 4.79 Å². The van der Waals surface area contributed by atoms with Crippen LogP contribution in [0.1, 0.15) is 33.1 Å². The van der Waals surface area contributed by atoms with Crippen molar-refractivity contribution in [2.24, 2.45) is 0 Å². The highest BCUT2D eigenvalue weighted by Gasteiger charge is 2.29. The van der Waals surface area contributed by atoms with Crippen molar-refractivity contribution in [1.82, 2.24) is 19.7 Å². The van der Waals surface area contributed by atoms with Gasteiger partial charge in [-0.1, -0.05) is 30.0 Å². The number of thioether (sulfide) groups is 1. The summed E-state index contributed by atoms with van der Waals surface area (Å²) in [4.78, 5) is 15.1. The van der Waals surface area contributed by atoms with Gasteiger partial charge in [0.25, 0.3) is 0 Å². The molecule has 0 saturated carbocycles. The van der Waals surface area contributed by atoms with Gasteiger partial charge in [0.1, 0.15) is 5.75 Å². The molecule has 0 unspecified atom stereocenters. The zero-order chi connectivity index (χ0) is 21.8. The molecule has 0 spiro atoms. The van der Waals surface area contributed by atoms with Crippen LogP contribution >= 0.6 is 11.8 Å². The van der Waals surface area contributed by atoms with Crippen molar-refractivity contribution >= 4 is 17.7 Å². The summed E-state index contributed by atoms with van der Waals surface area (Å²) in [5, 5.41) is 9.62. The molecule has 2 atom stereocenters. The SMILES string of the molecule is COc1ccc(-c2nnc(SCC(=O)N3[C@H](C)CCC[C@@H]3C)n2-c2ccccc2)cc1. The van der Waals surface area contributed by atoms with Gasteiger partial charge in [0.05, 0.1) is 12.9 Å². The fourth-order valence-corrected chi connectivity index (χ4v) is 5.04. The molecule has 0 N–H and O–H groups in total. The van der Waals surface area contributed by atoms with Crippen LogP contribution in [0.15, 0.2) is 59.8 Å². The molecule has 1 fully saturated rings. The molecule has 0 bridgehead atoms. The van der Waals surface area contributed by atoms with Gasteiger partial charge < -0.3 is 9.64 Å². The minimum atomic E-state index is 0.165. The van der Waals surface area contributed by atoms with E-state index in [-0.39, 0.29) is 5.91 Å². The Balaban J connectivity index is 1.61. The lowest BCUT2D eigenvalue weighted by atomic mass is 9.98. The average Bonchev–Trinajstić information content (AvgIpc) is 3.22. The largest absolute Gasteiger partial charge is 0.497 e. The number of nitrogens with zero attached hydrogens (tertiary/aromatic N) is 4. The normalized spacial score (nSPS) is 18.7. The number of carbonyl (C=O) groups excluding carboxylic acids is 1. The highest BCUT2D eigenvalue weighted by atomic mass is 32.2. The Hall–Kier alpha value is -2.80. The summed E-state index contributed by atoms with van der Waals surface area (Å²) in [5.74, 6) is 2.05. The molecule has 31 heavy (non-hydrogen) atoms. The lowest BCUT2D eigenvalue weighted by Gasteiger charge is -2.39. The molecular weight excluding hydrogens is 408 g/mol. The number of benzene rings is 2. The lowest BCUT2D eigenvalue weighted by molar-refractivity contribution is -0.134. The zero-order valence-corrected chi connectivity index (χ0v) is 19.0. The van der Waals surface area contributed by atoms with Gasteiger partial charge in [-0.25, -0.2) is 0 Å². The molecule has 6 nitrogen and oxygen atoms in total. The quantitative estimate of drug-likeness (QED) is 0.518. The Morgan fingerprint density at radius 1 is 1.03 bits per heavy atom. The summed E-state index contributed by atoms with van der Waals surface area (Å²) in [6.07, 6.45) is 3.33. The van der Waals surface area contributed by atoms with Crippen LogP contribution in [0.3, 0.4) is 0 Å². The second-order valence-electron chi connectivity index (χ2n) is 7.92. The summed E-state index contributed by atoms with van der Waals surface area (Å²) in [6.45, 7) is 4.29. The molecule has 0 radical (unpaired) electrons. The van der Waals surface area contributed by atoms with Gasteiger partial charge >= 0.3 is 0 Å². The van der Waals surface area contributed by atoms with Crippen LogP contribution in [0.5, 0.6) is 5.75 Å². The maximum absolute atomic E-state index is 13.0. The van der Waals surface area contributed by atoms with Gasteiger partial charge in [0, 0.05) is 23.3 Å². The highest BCUT2D eigenvalue weighted by molar-refractivity contribution is 7.99. The van der Waals surface area contributed by atoms with Crippen LogP contribution in [0.25, 0.3) is 17.1 Å². The molecule has 2 heterocycles. The predicted molar refractivity (Wildman–Crippen MR) is 124 cm³/mol. The van der Waals surface area contributed by atoms with Gasteiger partial charge in [-0.3, -0.25) is 9.36 Å². The third kappa shape index (κ3) is 4.61. The van der Waals surface area contributed by atoms with E-state index in [4.69, 9.17) is 4.74 Å². The van der Waals surface area contributed by atoms with Crippen LogP contribution in [-0.4, -0.2) is 50.5 Å². The van der Waals surface area contributed by atoms with E-state index in [1.165, 1.54) is 18.2 Å². The first-order valence-corrected chi connectivity index (χ1v) is 11.7. The topological polar surface area (TPSA) is 60.3 Å². The number of ether oxygens (including phenoxy) is 1. The van der Waals surface area contributed by atoms with Crippen molar-refractivity contribution in [3.63, 3.8) is 0 Å². The molecular formula is C24H28N4O2S. The molecule has 7 heteroatoms. The average molecular weight is 437 g/mol. The fourth-order valence-electron chi connectivity index (χ4n) is 4.21. The molecule has 1 aromatic heterocycles. The molecule has 1 saturated heterocycles. The van der Waals surface area contributed by atoms with Crippen LogP contribution in [0.2, 0.25) is 0 Å². The first kappa shape index (κ1) is 21.4. The Morgan fingerprint density at radius 3 is 2.35 bits per heavy atom. The predicted octanol–water partition coefficient (Wildman–Crippen LogP) is 4.82. The molecule has 1 aliphatic rings. The van der Waals surface area contributed by atoms with E-state index >= 15 is 0 Å². The van der Waals surface area contributed by atoms with Gasteiger partial charge in [-0.2, -0.15) is 0 Å². The van der Waals surface area contributed by atoms with Crippen molar-refractivity contribution in [2.75, 3.05) is 12.9 Å². The highest BCUT2D eigenvalue weighted by Crippen LogP contribution is 2.30. The molecule has 162 valence electrons. The first-order chi connectivity index (χ1) is 15.1. The molecule has 0 aliphatic carbocycles. The Kier molecular flexibility index (Phi) is 6.61. The number of para-hydroxylation sites is 1. The summed E-state index contributed by atoms with van der Waals surface area (Å²) in [5.41, 5.74) is 1.90. The molecule has 1 amide bonds.